The van der Waals surface area contributed by atoms with Gasteiger partial charge in [0.15, 0.2) is 0 Å². The molecule has 0 fully saturated rings. The molecule has 2 atom stereocenters. The van der Waals surface area contributed by atoms with Gasteiger partial charge in [-0.15, -0.1) is 0 Å². The molecule has 2 aromatic carbocycles. The van der Waals surface area contributed by atoms with E-state index in [0.717, 1.165) is 16.8 Å². The Kier molecular flexibility index (Phi) is 4.67. The highest BCUT2D eigenvalue weighted by atomic mass is 32.2. The Labute approximate surface area is 137 Å². The molecule has 0 aliphatic rings. The van der Waals surface area contributed by atoms with E-state index in [1.165, 1.54) is 12.1 Å². The van der Waals surface area contributed by atoms with Crippen molar-refractivity contribution < 1.29 is 8.60 Å². The van der Waals surface area contributed by atoms with Gasteiger partial charge in [-0.05, 0) is 48.4 Å². The Hall–Kier alpha value is -2.27. The second-order valence-electron chi connectivity index (χ2n) is 5.34. The molecule has 0 bridgehead atoms. The third-order valence-corrected chi connectivity index (χ3v) is 5.43. The van der Waals surface area contributed by atoms with Crippen LogP contribution in [0.1, 0.15) is 23.3 Å². The van der Waals surface area contributed by atoms with Crippen LogP contribution < -0.4 is 0 Å². The molecule has 118 valence electrons. The van der Waals surface area contributed by atoms with E-state index in [2.05, 4.69) is 5.10 Å². The highest BCUT2D eigenvalue weighted by molar-refractivity contribution is 7.84. The number of rotatable bonds is 5. The summed E-state index contributed by atoms with van der Waals surface area (Å²) in [5, 5.41) is 4.04. The summed E-state index contributed by atoms with van der Waals surface area (Å²) < 4.78 is 27.3. The first kappa shape index (κ1) is 15.6. The summed E-state index contributed by atoms with van der Waals surface area (Å²) in [6, 6.07) is 15.9. The van der Waals surface area contributed by atoms with Crippen molar-refractivity contribution in [1.82, 2.24) is 9.78 Å². The first-order valence-electron chi connectivity index (χ1n) is 7.35. The van der Waals surface area contributed by atoms with Crippen LogP contribution in [0, 0.1) is 5.82 Å². The zero-order chi connectivity index (χ0) is 16.2. The van der Waals surface area contributed by atoms with Crippen LogP contribution in [0.4, 0.5) is 4.39 Å². The summed E-state index contributed by atoms with van der Waals surface area (Å²) in [6.45, 7) is 1.90. The molecule has 0 unspecified atom stereocenters. The maximum Gasteiger partial charge on any atom is 0.123 e. The lowest BCUT2D eigenvalue weighted by Crippen LogP contribution is -2.05. The molecule has 3 nitrogen and oxygen atoms in total. The highest BCUT2D eigenvalue weighted by Gasteiger charge is 2.14. The molecule has 1 heterocycles. The first-order chi connectivity index (χ1) is 11.1. The molecule has 0 N–H and O–H groups in total. The van der Waals surface area contributed by atoms with Crippen LogP contribution in [0.5, 0.6) is 0 Å². The van der Waals surface area contributed by atoms with Gasteiger partial charge in [0.1, 0.15) is 5.82 Å². The van der Waals surface area contributed by atoms with Crippen molar-refractivity contribution in [3.8, 4) is 5.69 Å². The number of hydrogen-bond donors (Lipinski definition) is 0. The fourth-order valence-corrected chi connectivity index (χ4v) is 3.57. The largest absolute Gasteiger partial charge is 0.259 e. The van der Waals surface area contributed by atoms with Gasteiger partial charge in [-0.25, -0.2) is 9.07 Å². The van der Waals surface area contributed by atoms with Crippen LogP contribution in [-0.2, 0) is 16.6 Å². The van der Waals surface area contributed by atoms with E-state index in [0.29, 0.717) is 5.75 Å². The van der Waals surface area contributed by atoms with Crippen molar-refractivity contribution in [2.45, 2.75) is 17.9 Å². The Morgan fingerprint density at radius 1 is 1.13 bits per heavy atom. The molecule has 0 saturated heterocycles. The number of aromatic nitrogens is 2. The van der Waals surface area contributed by atoms with Crippen molar-refractivity contribution in [1.29, 1.82) is 0 Å². The van der Waals surface area contributed by atoms with E-state index in [1.807, 2.05) is 43.5 Å². The fourth-order valence-electron chi connectivity index (χ4n) is 2.34. The zero-order valence-electron chi connectivity index (χ0n) is 12.7. The summed E-state index contributed by atoms with van der Waals surface area (Å²) >= 11 is 0. The van der Waals surface area contributed by atoms with E-state index in [1.54, 1.807) is 23.0 Å². The molecular weight excluding hydrogens is 311 g/mol. The maximum absolute atomic E-state index is 13.0. The van der Waals surface area contributed by atoms with Crippen LogP contribution in [0.15, 0.2) is 67.0 Å². The number of benzene rings is 2. The van der Waals surface area contributed by atoms with E-state index in [-0.39, 0.29) is 11.1 Å². The van der Waals surface area contributed by atoms with Crippen molar-refractivity contribution in [3.05, 3.63) is 83.9 Å². The summed E-state index contributed by atoms with van der Waals surface area (Å²) in [4.78, 5) is 0. The van der Waals surface area contributed by atoms with Crippen molar-refractivity contribution in [3.63, 3.8) is 0 Å². The second-order valence-corrected chi connectivity index (χ2v) is 7.09. The third kappa shape index (κ3) is 3.74. The molecule has 0 amide bonds. The van der Waals surface area contributed by atoms with Crippen molar-refractivity contribution in [2.24, 2.45) is 0 Å². The average Bonchev–Trinajstić information content (AvgIpc) is 3.10. The molecule has 0 aliphatic carbocycles. The van der Waals surface area contributed by atoms with Gasteiger partial charge in [0.25, 0.3) is 0 Å². The number of hydrogen-bond acceptors (Lipinski definition) is 2. The summed E-state index contributed by atoms with van der Waals surface area (Å²) in [6.07, 6.45) is 3.61. The molecule has 0 radical (unpaired) electrons. The minimum absolute atomic E-state index is 0.138. The number of nitrogens with zero attached hydrogens (tertiary/aromatic N) is 2. The standard InChI is InChI=1S/C18H17FN2OS/c1-14(16-5-7-17(19)8-6-16)23(22)13-15-3-9-18(10-4-15)21-12-2-11-20-21/h2-12,14H,13H2,1H3/t14-,23-/m0/s1. The molecular formula is C18H17FN2OS. The molecule has 3 rings (SSSR count). The molecule has 5 heteroatoms. The first-order valence-corrected chi connectivity index (χ1v) is 8.73. The Balaban J connectivity index is 1.69. The highest BCUT2D eigenvalue weighted by Crippen LogP contribution is 2.22. The monoisotopic (exact) mass is 328 g/mol. The molecule has 0 saturated carbocycles. The van der Waals surface area contributed by atoms with E-state index >= 15 is 0 Å². The SMILES string of the molecule is C[C@@H](c1ccc(F)cc1)[S@@](=O)Cc1ccc(-n2cccn2)cc1. The normalized spacial score (nSPS) is 13.7. The van der Waals surface area contributed by atoms with Crippen molar-refractivity contribution >= 4 is 10.8 Å². The second kappa shape index (κ2) is 6.87. The molecule has 0 spiro atoms. The van der Waals surface area contributed by atoms with Crippen LogP contribution in [0.2, 0.25) is 0 Å². The van der Waals surface area contributed by atoms with Crippen LogP contribution in [0.3, 0.4) is 0 Å². The summed E-state index contributed by atoms with van der Waals surface area (Å²) in [7, 11) is -1.06. The topological polar surface area (TPSA) is 34.9 Å². The van der Waals surface area contributed by atoms with E-state index in [9.17, 15) is 8.60 Å². The van der Waals surface area contributed by atoms with Gasteiger partial charge in [-0.1, -0.05) is 24.3 Å². The smallest absolute Gasteiger partial charge is 0.123 e. The van der Waals surface area contributed by atoms with Gasteiger partial charge in [0.2, 0.25) is 0 Å². The average molecular weight is 328 g/mol. The lowest BCUT2D eigenvalue weighted by Gasteiger charge is -2.12. The van der Waals surface area contributed by atoms with Crippen LogP contribution in [-0.4, -0.2) is 14.0 Å². The quantitative estimate of drug-likeness (QED) is 0.709. The summed E-state index contributed by atoms with van der Waals surface area (Å²) in [5.74, 6) is 0.193. The van der Waals surface area contributed by atoms with Gasteiger partial charge in [-0.2, -0.15) is 5.10 Å². The Morgan fingerprint density at radius 2 is 1.83 bits per heavy atom. The van der Waals surface area contributed by atoms with Gasteiger partial charge >= 0.3 is 0 Å². The Morgan fingerprint density at radius 3 is 2.43 bits per heavy atom. The molecule has 1 aromatic heterocycles. The van der Waals surface area contributed by atoms with Gasteiger partial charge in [0.05, 0.1) is 10.9 Å². The van der Waals surface area contributed by atoms with Gasteiger partial charge in [-0.3, -0.25) is 4.21 Å². The number of halogens is 1. The predicted octanol–water partition coefficient (Wildman–Crippen LogP) is 4.02. The maximum atomic E-state index is 13.0. The molecule has 0 aliphatic heterocycles. The summed E-state index contributed by atoms with van der Waals surface area (Å²) in [5.41, 5.74) is 2.86. The molecule has 23 heavy (non-hydrogen) atoms. The van der Waals surface area contributed by atoms with E-state index in [4.69, 9.17) is 0 Å². The minimum atomic E-state index is -1.06. The predicted molar refractivity (Wildman–Crippen MR) is 90.2 cm³/mol. The lowest BCUT2D eigenvalue weighted by atomic mass is 10.2. The Bertz CT molecular complexity index is 783. The van der Waals surface area contributed by atoms with Crippen LogP contribution >= 0.6 is 0 Å². The van der Waals surface area contributed by atoms with Crippen molar-refractivity contribution in [2.75, 3.05) is 0 Å². The fraction of sp³-hybridized carbons (Fsp3) is 0.167. The lowest BCUT2D eigenvalue weighted by molar-refractivity contribution is 0.626. The van der Waals surface area contributed by atoms with E-state index < -0.39 is 10.8 Å². The van der Waals surface area contributed by atoms with Gasteiger partial charge < -0.3 is 0 Å². The van der Waals surface area contributed by atoms with Crippen LogP contribution in [0.25, 0.3) is 5.69 Å². The third-order valence-electron chi connectivity index (χ3n) is 3.75. The van der Waals surface area contributed by atoms with Gasteiger partial charge in [0, 0.05) is 28.9 Å². The molecule has 3 aromatic rings. The zero-order valence-corrected chi connectivity index (χ0v) is 13.5. The minimum Gasteiger partial charge on any atom is -0.259 e.